The zero-order valence-electron chi connectivity index (χ0n) is 34.4. The van der Waals surface area contributed by atoms with Crippen molar-refractivity contribution in [2.75, 3.05) is 0 Å². The van der Waals surface area contributed by atoms with Crippen LogP contribution in [0.3, 0.4) is 0 Å². The van der Waals surface area contributed by atoms with Crippen molar-refractivity contribution >= 4 is 21.5 Å². The SMILES string of the molecule is c1ccc(-c2ccc(-c3nc(-c4ccc(-c5ccc6c(c5)C(c5ccccc5)(c5ccccc5)c5ccccc5-6)cc4)nc(-c4cccc5c4ccc4ccccc45)n3)cc2)cc1. The smallest absolute Gasteiger partial charge is 0.164 e. The predicted molar refractivity (Wildman–Crippen MR) is 259 cm³/mol. The minimum absolute atomic E-state index is 0.463. The van der Waals surface area contributed by atoms with E-state index in [0.717, 1.165) is 38.8 Å². The molecule has 294 valence electrons. The second-order valence-electron chi connectivity index (χ2n) is 16.3. The number of hydrogen-bond acceptors (Lipinski definition) is 3. The number of benzene rings is 10. The molecule has 0 saturated heterocycles. The molecular formula is C60H39N3. The molecule has 0 spiro atoms. The summed E-state index contributed by atoms with van der Waals surface area (Å²) in [7, 11) is 0. The number of rotatable bonds is 7. The molecule has 0 atom stereocenters. The van der Waals surface area contributed by atoms with Gasteiger partial charge in [-0.3, -0.25) is 0 Å². The third kappa shape index (κ3) is 6.08. The molecule has 0 radical (unpaired) electrons. The van der Waals surface area contributed by atoms with Gasteiger partial charge in [-0.2, -0.15) is 0 Å². The van der Waals surface area contributed by atoms with Gasteiger partial charge >= 0.3 is 0 Å². The normalized spacial score (nSPS) is 12.6. The van der Waals surface area contributed by atoms with Crippen LogP contribution in [0.1, 0.15) is 22.3 Å². The molecule has 3 heteroatoms. The van der Waals surface area contributed by atoms with Gasteiger partial charge in [0.25, 0.3) is 0 Å². The summed E-state index contributed by atoms with van der Waals surface area (Å²) in [5, 5.41) is 4.69. The van der Waals surface area contributed by atoms with Crippen LogP contribution in [0.5, 0.6) is 0 Å². The molecule has 0 saturated carbocycles. The van der Waals surface area contributed by atoms with Gasteiger partial charge in [0, 0.05) is 16.7 Å². The number of hydrogen-bond donors (Lipinski definition) is 0. The Labute approximate surface area is 366 Å². The number of fused-ring (bicyclic) bond motifs is 6. The van der Waals surface area contributed by atoms with E-state index < -0.39 is 5.41 Å². The maximum Gasteiger partial charge on any atom is 0.164 e. The molecule has 0 aliphatic heterocycles. The maximum atomic E-state index is 5.23. The summed E-state index contributed by atoms with van der Waals surface area (Å²) < 4.78 is 0. The Morgan fingerprint density at radius 2 is 0.730 bits per heavy atom. The molecule has 0 N–H and O–H groups in total. The number of aromatic nitrogens is 3. The Hall–Kier alpha value is -8.27. The highest BCUT2D eigenvalue weighted by Gasteiger charge is 2.46. The van der Waals surface area contributed by atoms with Crippen molar-refractivity contribution in [2.45, 2.75) is 5.41 Å². The Bertz CT molecular complexity index is 3430. The van der Waals surface area contributed by atoms with Crippen molar-refractivity contribution in [2.24, 2.45) is 0 Å². The molecule has 1 aromatic heterocycles. The molecule has 3 nitrogen and oxygen atoms in total. The van der Waals surface area contributed by atoms with Crippen molar-refractivity contribution in [3.05, 3.63) is 259 Å². The van der Waals surface area contributed by atoms with Crippen molar-refractivity contribution in [3.8, 4) is 67.5 Å². The van der Waals surface area contributed by atoms with Crippen LogP contribution >= 0.6 is 0 Å². The van der Waals surface area contributed by atoms with Crippen LogP contribution in [0.2, 0.25) is 0 Å². The third-order valence-corrected chi connectivity index (χ3v) is 12.8. The molecular weight excluding hydrogens is 763 g/mol. The maximum absolute atomic E-state index is 5.23. The van der Waals surface area contributed by atoms with E-state index in [4.69, 9.17) is 15.0 Å². The molecule has 63 heavy (non-hydrogen) atoms. The lowest BCUT2D eigenvalue weighted by molar-refractivity contribution is 0.769. The molecule has 0 fully saturated rings. The van der Waals surface area contributed by atoms with Gasteiger partial charge < -0.3 is 0 Å². The van der Waals surface area contributed by atoms with E-state index in [1.54, 1.807) is 0 Å². The standard InChI is InChI=1S/C60H39N3/c1-4-15-40(16-5-1)41-27-31-44(32-28-41)57-61-58(63-59(62-57)54-25-14-24-50-49-22-11-10-17-43(49)35-37-51(50)54)45-33-29-42(30-34-45)46-36-38-53-52-23-12-13-26-55(52)60(56(53)39-46,47-18-6-2-7-19-47)48-20-8-3-9-21-48/h1-39H. The zero-order chi connectivity index (χ0) is 41.7. The van der Waals surface area contributed by atoms with E-state index in [9.17, 15) is 0 Å². The van der Waals surface area contributed by atoms with Crippen LogP contribution in [0, 0.1) is 0 Å². The van der Waals surface area contributed by atoms with Gasteiger partial charge in [0.1, 0.15) is 0 Å². The van der Waals surface area contributed by atoms with Crippen molar-refractivity contribution in [3.63, 3.8) is 0 Å². The summed E-state index contributed by atoms with van der Waals surface area (Å²) in [4.78, 5) is 15.6. The fourth-order valence-corrected chi connectivity index (χ4v) is 9.87. The fraction of sp³-hybridized carbons (Fsp3) is 0.0167. The molecule has 12 rings (SSSR count). The van der Waals surface area contributed by atoms with Gasteiger partial charge in [0.05, 0.1) is 5.41 Å². The highest BCUT2D eigenvalue weighted by Crippen LogP contribution is 2.56. The van der Waals surface area contributed by atoms with Crippen molar-refractivity contribution in [1.82, 2.24) is 15.0 Å². The van der Waals surface area contributed by atoms with Crippen LogP contribution in [0.4, 0.5) is 0 Å². The Morgan fingerprint density at radius 3 is 1.41 bits per heavy atom. The van der Waals surface area contributed by atoms with Crippen LogP contribution in [-0.2, 0) is 5.41 Å². The van der Waals surface area contributed by atoms with Crippen LogP contribution in [0.25, 0.3) is 89.1 Å². The highest BCUT2D eigenvalue weighted by atomic mass is 15.0. The van der Waals surface area contributed by atoms with Gasteiger partial charge in [-0.05, 0) is 83.2 Å². The minimum atomic E-state index is -0.463. The summed E-state index contributed by atoms with van der Waals surface area (Å²) >= 11 is 0. The van der Waals surface area contributed by atoms with Crippen LogP contribution in [0.15, 0.2) is 237 Å². The average Bonchev–Trinajstić information content (AvgIpc) is 3.67. The van der Waals surface area contributed by atoms with Crippen molar-refractivity contribution in [1.29, 1.82) is 0 Å². The first-order valence-corrected chi connectivity index (χ1v) is 21.5. The first kappa shape index (κ1) is 36.6. The lowest BCUT2D eigenvalue weighted by Crippen LogP contribution is -2.28. The van der Waals surface area contributed by atoms with Gasteiger partial charge in [-0.25, -0.2) is 15.0 Å². The summed E-state index contributed by atoms with van der Waals surface area (Å²) in [6.07, 6.45) is 0. The molecule has 0 bridgehead atoms. The quantitative estimate of drug-likeness (QED) is 0.151. The Kier molecular flexibility index (Phi) is 8.72. The molecule has 1 aliphatic rings. The Balaban J connectivity index is 0.983. The molecule has 0 unspecified atom stereocenters. The molecule has 10 aromatic carbocycles. The summed E-state index contributed by atoms with van der Waals surface area (Å²) in [6.45, 7) is 0. The lowest BCUT2D eigenvalue weighted by Gasteiger charge is -2.34. The molecule has 1 heterocycles. The topological polar surface area (TPSA) is 38.7 Å². The van der Waals surface area contributed by atoms with Gasteiger partial charge in [0.15, 0.2) is 17.5 Å². The highest BCUT2D eigenvalue weighted by molar-refractivity contribution is 6.11. The van der Waals surface area contributed by atoms with Gasteiger partial charge in [-0.15, -0.1) is 0 Å². The lowest BCUT2D eigenvalue weighted by atomic mass is 9.67. The average molecular weight is 802 g/mol. The fourth-order valence-electron chi connectivity index (χ4n) is 9.87. The zero-order valence-corrected chi connectivity index (χ0v) is 34.4. The second kappa shape index (κ2) is 15.0. The largest absolute Gasteiger partial charge is 0.208 e. The molecule has 0 amide bonds. The molecule has 11 aromatic rings. The van der Waals surface area contributed by atoms with E-state index in [0.29, 0.717) is 17.5 Å². The third-order valence-electron chi connectivity index (χ3n) is 12.8. The summed E-state index contributed by atoms with van der Waals surface area (Å²) in [5.41, 5.74) is 14.6. The van der Waals surface area contributed by atoms with Gasteiger partial charge in [-0.1, -0.05) is 231 Å². The van der Waals surface area contributed by atoms with E-state index in [-0.39, 0.29) is 0 Å². The van der Waals surface area contributed by atoms with E-state index in [2.05, 4.69) is 231 Å². The molecule has 1 aliphatic carbocycles. The van der Waals surface area contributed by atoms with Crippen molar-refractivity contribution < 1.29 is 0 Å². The first-order valence-electron chi connectivity index (χ1n) is 21.5. The number of nitrogens with zero attached hydrogens (tertiary/aromatic N) is 3. The monoisotopic (exact) mass is 801 g/mol. The second-order valence-corrected chi connectivity index (χ2v) is 16.3. The van der Waals surface area contributed by atoms with Crippen LogP contribution < -0.4 is 0 Å². The summed E-state index contributed by atoms with van der Waals surface area (Å²) in [5.74, 6) is 1.90. The predicted octanol–water partition coefficient (Wildman–Crippen LogP) is 14.9. The first-order chi connectivity index (χ1) is 31.2. The Morgan fingerprint density at radius 1 is 0.254 bits per heavy atom. The van der Waals surface area contributed by atoms with E-state index in [1.807, 2.05) is 6.07 Å². The van der Waals surface area contributed by atoms with Crippen LogP contribution in [-0.4, -0.2) is 15.0 Å². The summed E-state index contributed by atoms with van der Waals surface area (Å²) in [6, 6.07) is 84.8. The van der Waals surface area contributed by atoms with Gasteiger partial charge in [0.2, 0.25) is 0 Å². The van der Waals surface area contributed by atoms with E-state index in [1.165, 1.54) is 55.1 Å². The van der Waals surface area contributed by atoms with E-state index >= 15 is 0 Å². The minimum Gasteiger partial charge on any atom is -0.208 e.